The molecule has 0 bridgehead atoms. The molecule has 182 valence electrons. The molecule has 1 aliphatic carbocycles. The van der Waals surface area contributed by atoms with Crippen molar-refractivity contribution in [2.45, 2.75) is 44.2 Å². The SMILES string of the molecule is CN=C(NCc1nc(-c2ccc(OC)cc2)n[nH]1)NCC1(N2CCOCC2)CCCCC1.I. The molecule has 1 saturated carbocycles. The van der Waals surface area contributed by atoms with Crippen LogP contribution in [0.4, 0.5) is 0 Å². The Hall–Kier alpha value is -1.92. The molecule has 2 heterocycles. The van der Waals surface area contributed by atoms with Crippen molar-refractivity contribution in [3.05, 3.63) is 30.1 Å². The fourth-order valence-corrected chi connectivity index (χ4v) is 4.73. The molecule has 33 heavy (non-hydrogen) atoms. The van der Waals surface area contributed by atoms with E-state index in [2.05, 4.69) is 35.7 Å². The Morgan fingerprint density at radius 3 is 2.55 bits per heavy atom. The summed E-state index contributed by atoms with van der Waals surface area (Å²) in [6.45, 7) is 5.10. The molecular weight excluding hydrogens is 533 g/mol. The number of benzene rings is 1. The largest absolute Gasteiger partial charge is 0.497 e. The second kappa shape index (κ2) is 12.5. The smallest absolute Gasteiger partial charge is 0.191 e. The lowest BCUT2D eigenvalue weighted by molar-refractivity contribution is -0.0352. The Morgan fingerprint density at radius 1 is 1.15 bits per heavy atom. The van der Waals surface area contributed by atoms with Crippen molar-refractivity contribution in [1.29, 1.82) is 0 Å². The zero-order valence-corrected chi connectivity index (χ0v) is 21.9. The van der Waals surface area contributed by atoms with Gasteiger partial charge in [-0.3, -0.25) is 15.0 Å². The average molecular weight is 569 g/mol. The Balaban J connectivity index is 0.00000306. The van der Waals surface area contributed by atoms with Crippen LogP contribution in [-0.4, -0.2) is 78.6 Å². The normalized spacial score (nSPS) is 18.9. The number of aliphatic imine (C=N–C) groups is 1. The number of aromatic amines is 1. The number of morpholine rings is 1. The maximum Gasteiger partial charge on any atom is 0.191 e. The van der Waals surface area contributed by atoms with Crippen molar-refractivity contribution in [2.24, 2.45) is 4.99 Å². The molecule has 4 rings (SSSR count). The van der Waals surface area contributed by atoms with Gasteiger partial charge in [-0.2, -0.15) is 5.10 Å². The number of nitrogens with one attached hydrogen (secondary N) is 3. The third-order valence-electron chi connectivity index (χ3n) is 6.58. The van der Waals surface area contributed by atoms with Crippen molar-refractivity contribution in [3.8, 4) is 17.1 Å². The topological polar surface area (TPSA) is 99.7 Å². The molecule has 9 nitrogen and oxygen atoms in total. The van der Waals surface area contributed by atoms with Crippen LogP contribution in [0.15, 0.2) is 29.3 Å². The Morgan fingerprint density at radius 2 is 1.88 bits per heavy atom. The average Bonchev–Trinajstić information content (AvgIpc) is 3.34. The molecule has 0 spiro atoms. The van der Waals surface area contributed by atoms with Crippen LogP contribution in [0.2, 0.25) is 0 Å². The van der Waals surface area contributed by atoms with Crippen LogP contribution in [0.3, 0.4) is 0 Å². The minimum atomic E-state index is 0. The first-order chi connectivity index (χ1) is 15.7. The number of methoxy groups -OCH3 is 1. The zero-order valence-electron chi connectivity index (χ0n) is 19.6. The molecule has 0 amide bonds. The van der Waals surface area contributed by atoms with Crippen LogP contribution in [0.25, 0.3) is 11.4 Å². The third-order valence-corrected chi connectivity index (χ3v) is 6.58. The van der Waals surface area contributed by atoms with E-state index in [0.717, 1.165) is 55.9 Å². The van der Waals surface area contributed by atoms with Gasteiger partial charge in [0.2, 0.25) is 0 Å². The quantitative estimate of drug-likeness (QED) is 0.268. The fraction of sp³-hybridized carbons (Fsp3) is 0.609. The number of aromatic nitrogens is 3. The van der Waals surface area contributed by atoms with Crippen LogP contribution >= 0.6 is 24.0 Å². The second-order valence-corrected chi connectivity index (χ2v) is 8.50. The molecule has 0 unspecified atom stereocenters. The zero-order chi connectivity index (χ0) is 22.2. The maximum atomic E-state index is 5.59. The molecule has 1 aromatic heterocycles. The van der Waals surface area contributed by atoms with Gasteiger partial charge in [0.15, 0.2) is 11.8 Å². The highest BCUT2D eigenvalue weighted by Crippen LogP contribution is 2.33. The Kier molecular flexibility index (Phi) is 9.75. The summed E-state index contributed by atoms with van der Waals surface area (Å²) in [4.78, 5) is 11.7. The highest BCUT2D eigenvalue weighted by molar-refractivity contribution is 14.0. The van der Waals surface area contributed by atoms with Crippen LogP contribution in [0, 0.1) is 0 Å². The Bertz CT molecular complexity index is 875. The predicted octanol–water partition coefficient (Wildman–Crippen LogP) is 2.80. The third kappa shape index (κ3) is 6.57. The highest BCUT2D eigenvalue weighted by Gasteiger charge is 2.38. The van der Waals surface area contributed by atoms with Gasteiger partial charge in [0.1, 0.15) is 11.6 Å². The minimum Gasteiger partial charge on any atom is -0.497 e. The van der Waals surface area contributed by atoms with E-state index in [1.807, 2.05) is 24.3 Å². The van der Waals surface area contributed by atoms with Crippen molar-refractivity contribution in [1.82, 2.24) is 30.7 Å². The molecular formula is C23H36IN7O2. The molecule has 0 atom stereocenters. The van der Waals surface area contributed by atoms with Gasteiger partial charge in [0.25, 0.3) is 0 Å². The summed E-state index contributed by atoms with van der Waals surface area (Å²) >= 11 is 0. The summed E-state index contributed by atoms with van der Waals surface area (Å²) in [5.74, 6) is 3.03. The van der Waals surface area contributed by atoms with E-state index in [1.165, 1.54) is 32.1 Å². The van der Waals surface area contributed by atoms with Gasteiger partial charge in [-0.1, -0.05) is 19.3 Å². The standard InChI is InChI=1S/C23H35N7O2.HI/c1-24-22(26-17-23(10-4-3-5-11-23)30-12-14-32-15-13-30)25-16-20-27-21(29-28-20)18-6-8-19(31-2)9-7-18;/h6-9H,3-5,10-17H2,1-2H3,(H2,24,25,26)(H,27,28,29);1H. The van der Waals surface area contributed by atoms with Crippen molar-refractivity contribution >= 4 is 29.9 Å². The summed E-state index contributed by atoms with van der Waals surface area (Å²) < 4.78 is 10.8. The van der Waals surface area contributed by atoms with Gasteiger partial charge in [-0.05, 0) is 37.1 Å². The lowest BCUT2D eigenvalue weighted by atomic mass is 9.80. The van der Waals surface area contributed by atoms with E-state index in [-0.39, 0.29) is 29.5 Å². The number of ether oxygens (including phenoxy) is 2. The van der Waals surface area contributed by atoms with E-state index in [0.29, 0.717) is 12.4 Å². The van der Waals surface area contributed by atoms with Crippen molar-refractivity contribution in [3.63, 3.8) is 0 Å². The predicted molar refractivity (Wildman–Crippen MR) is 140 cm³/mol. The summed E-state index contributed by atoms with van der Waals surface area (Å²) in [6.07, 6.45) is 6.37. The molecule has 0 radical (unpaired) electrons. The first-order valence-electron chi connectivity index (χ1n) is 11.6. The van der Waals surface area contributed by atoms with Gasteiger partial charge >= 0.3 is 0 Å². The van der Waals surface area contributed by atoms with Crippen LogP contribution in [-0.2, 0) is 11.3 Å². The van der Waals surface area contributed by atoms with E-state index in [9.17, 15) is 0 Å². The van der Waals surface area contributed by atoms with E-state index >= 15 is 0 Å². The number of guanidine groups is 1. The van der Waals surface area contributed by atoms with Gasteiger partial charge in [-0.15, -0.1) is 24.0 Å². The number of halogens is 1. The number of nitrogens with zero attached hydrogens (tertiary/aromatic N) is 4. The first-order valence-corrected chi connectivity index (χ1v) is 11.6. The summed E-state index contributed by atoms with van der Waals surface area (Å²) in [5, 5.41) is 14.3. The molecule has 1 saturated heterocycles. The first kappa shape index (κ1) is 25.7. The van der Waals surface area contributed by atoms with E-state index < -0.39 is 0 Å². The minimum absolute atomic E-state index is 0. The van der Waals surface area contributed by atoms with Gasteiger partial charge in [-0.25, -0.2) is 4.98 Å². The Labute approximate surface area is 213 Å². The van der Waals surface area contributed by atoms with E-state index in [1.54, 1.807) is 14.2 Å². The van der Waals surface area contributed by atoms with E-state index in [4.69, 9.17) is 9.47 Å². The molecule has 2 aliphatic rings. The molecule has 1 aromatic carbocycles. The fourth-order valence-electron chi connectivity index (χ4n) is 4.73. The molecule has 3 N–H and O–H groups in total. The highest BCUT2D eigenvalue weighted by atomic mass is 127. The van der Waals surface area contributed by atoms with Crippen molar-refractivity contribution < 1.29 is 9.47 Å². The molecule has 1 aliphatic heterocycles. The summed E-state index contributed by atoms with van der Waals surface area (Å²) in [6, 6.07) is 7.72. The lowest BCUT2D eigenvalue weighted by Crippen LogP contribution is -2.60. The van der Waals surface area contributed by atoms with Crippen LogP contribution in [0.5, 0.6) is 5.75 Å². The molecule has 2 fully saturated rings. The van der Waals surface area contributed by atoms with Gasteiger partial charge in [0.05, 0.1) is 26.9 Å². The van der Waals surface area contributed by atoms with Crippen molar-refractivity contribution in [2.75, 3.05) is 47.0 Å². The molecule has 2 aromatic rings. The van der Waals surface area contributed by atoms with Crippen LogP contribution < -0.4 is 15.4 Å². The summed E-state index contributed by atoms with van der Waals surface area (Å²) in [5.41, 5.74) is 1.13. The second-order valence-electron chi connectivity index (χ2n) is 8.50. The number of H-pyrrole nitrogens is 1. The number of hydrogen-bond acceptors (Lipinski definition) is 6. The van der Waals surface area contributed by atoms with Gasteiger partial charge < -0.3 is 20.1 Å². The van der Waals surface area contributed by atoms with Crippen LogP contribution in [0.1, 0.15) is 37.9 Å². The lowest BCUT2D eigenvalue weighted by Gasteiger charge is -2.48. The monoisotopic (exact) mass is 569 g/mol. The number of rotatable bonds is 7. The number of hydrogen-bond donors (Lipinski definition) is 3. The molecule has 10 heteroatoms. The summed E-state index contributed by atoms with van der Waals surface area (Å²) in [7, 11) is 3.46. The maximum absolute atomic E-state index is 5.59. The van der Waals surface area contributed by atoms with Gasteiger partial charge in [0, 0.05) is 37.8 Å².